The van der Waals surface area contributed by atoms with Crippen LogP contribution >= 0.6 is 23.2 Å². The van der Waals surface area contributed by atoms with E-state index in [1.165, 1.54) is 0 Å². The van der Waals surface area contributed by atoms with Gasteiger partial charge in [-0.25, -0.2) is 9.78 Å². The van der Waals surface area contributed by atoms with Crippen molar-refractivity contribution in [1.82, 2.24) is 24.8 Å². The molecule has 10 heteroatoms. The second-order valence-corrected chi connectivity index (χ2v) is 9.74. The Morgan fingerprint density at radius 1 is 1.11 bits per heavy atom. The SMILES string of the molecule is [B]c1cnn2c(NCC3CCCN(C(=O)NCc4ccccc4Cl)C3)cc(-c3ccccc3Cl)nc12. The van der Waals surface area contributed by atoms with Crippen molar-refractivity contribution >= 4 is 54.0 Å². The minimum atomic E-state index is -0.0771. The van der Waals surface area contributed by atoms with E-state index in [0.717, 1.165) is 36.3 Å². The van der Waals surface area contributed by atoms with Crippen LogP contribution in [-0.2, 0) is 6.54 Å². The van der Waals surface area contributed by atoms with Gasteiger partial charge in [0.15, 0.2) is 5.65 Å². The molecule has 4 aromatic rings. The monoisotopic (exact) mass is 518 g/mol. The predicted octanol–water partition coefficient (Wildman–Crippen LogP) is 4.53. The summed E-state index contributed by atoms with van der Waals surface area (Å²) >= 11 is 12.6. The molecule has 2 N–H and O–H groups in total. The second kappa shape index (κ2) is 10.8. The highest BCUT2D eigenvalue weighted by molar-refractivity contribution is 6.36. The summed E-state index contributed by atoms with van der Waals surface area (Å²) in [5, 5.41) is 12.2. The minimum absolute atomic E-state index is 0.0771. The van der Waals surface area contributed by atoms with Crippen molar-refractivity contribution in [2.45, 2.75) is 19.4 Å². The molecule has 1 atom stereocenters. The number of nitrogens with zero attached hydrogens (tertiary/aromatic N) is 4. The third-order valence-corrected chi connectivity index (χ3v) is 7.11. The van der Waals surface area contributed by atoms with Gasteiger partial charge in [-0.3, -0.25) is 0 Å². The Labute approximate surface area is 221 Å². The number of amides is 2. The standard InChI is InChI=1S/C26H25BCl2N6O/c27-20-15-32-35-24(12-23(33-25(20)35)19-8-2-4-10-22(19)29)30-13-17-6-5-11-34(16-17)26(36)31-14-18-7-1-3-9-21(18)28/h1-4,7-10,12,15,17,30H,5-6,11,13-14,16H2,(H,31,36). The summed E-state index contributed by atoms with van der Waals surface area (Å²) in [4.78, 5) is 19.4. The lowest BCUT2D eigenvalue weighted by Gasteiger charge is -2.33. The summed E-state index contributed by atoms with van der Waals surface area (Å²) in [6, 6.07) is 17.0. The highest BCUT2D eigenvalue weighted by Gasteiger charge is 2.24. The number of hydrogen-bond donors (Lipinski definition) is 2. The summed E-state index contributed by atoms with van der Waals surface area (Å²) < 4.78 is 1.70. The fourth-order valence-corrected chi connectivity index (χ4v) is 4.94. The normalized spacial score (nSPS) is 15.7. The third kappa shape index (κ3) is 5.30. The maximum atomic E-state index is 12.8. The zero-order chi connectivity index (χ0) is 25.1. The van der Waals surface area contributed by atoms with Gasteiger partial charge in [0.1, 0.15) is 13.7 Å². The number of anilines is 1. The lowest BCUT2D eigenvalue weighted by atomic mass is 9.98. The number of rotatable bonds is 6. The van der Waals surface area contributed by atoms with E-state index in [4.69, 9.17) is 31.0 Å². The van der Waals surface area contributed by atoms with E-state index in [-0.39, 0.29) is 11.9 Å². The van der Waals surface area contributed by atoms with Crippen LogP contribution in [0.2, 0.25) is 10.0 Å². The van der Waals surface area contributed by atoms with Crippen LogP contribution < -0.4 is 16.1 Å². The zero-order valence-electron chi connectivity index (χ0n) is 19.6. The van der Waals surface area contributed by atoms with E-state index < -0.39 is 0 Å². The number of urea groups is 1. The molecule has 2 aromatic carbocycles. The van der Waals surface area contributed by atoms with E-state index in [1.54, 1.807) is 10.7 Å². The Morgan fingerprint density at radius 3 is 2.69 bits per heavy atom. The molecule has 5 rings (SSSR count). The molecule has 2 aromatic heterocycles. The van der Waals surface area contributed by atoms with Crippen LogP contribution in [0.15, 0.2) is 60.8 Å². The fraction of sp³-hybridized carbons (Fsp3) is 0.269. The number of likely N-dealkylation sites (tertiary alicyclic amines) is 1. The van der Waals surface area contributed by atoms with Crippen LogP contribution in [0.4, 0.5) is 10.6 Å². The number of hydrogen-bond acceptors (Lipinski definition) is 4. The number of carbonyl (C=O) groups is 1. The van der Waals surface area contributed by atoms with E-state index in [1.807, 2.05) is 59.5 Å². The van der Waals surface area contributed by atoms with E-state index in [9.17, 15) is 4.79 Å². The molecule has 1 unspecified atom stereocenters. The number of benzene rings is 2. The van der Waals surface area contributed by atoms with Gasteiger partial charge in [0.25, 0.3) is 0 Å². The minimum Gasteiger partial charge on any atom is -0.370 e. The molecule has 2 amide bonds. The van der Waals surface area contributed by atoms with E-state index in [2.05, 4.69) is 20.7 Å². The van der Waals surface area contributed by atoms with E-state index in [0.29, 0.717) is 46.5 Å². The molecule has 0 bridgehead atoms. The molecule has 0 spiro atoms. The summed E-state index contributed by atoms with van der Waals surface area (Å²) in [6.45, 7) is 2.47. The summed E-state index contributed by atoms with van der Waals surface area (Å²) in [6.07, 6.45) is 3.56. The number of halogens is 2. The fourth-order valence-electron chi connectivity index (χ4n) is 4.50. The first-order valence-corrected chi connectivity index (χ1v) is 12.6. The Balaban J connectivity index is 1.27. The summed E-state index contributed by atoms with van der Waals surface area (Å²) in [5.74, 6) is 1.05. The lowest BCUT2D eigenvalue weighted by Crippen LogP contribution is -2.46. The van der Waals surface area contributed by atoms with Gasteiger partial charge in [-0.15, -0.1) is 0 Å². The first-order chi connectivity index (χ1) is 17.5. The largest absolute Gasteiger partial charge is 0.370 e. The highest BCUT2D eigenvalue weighted by Crippen LogP contribution is 2.28. The zero-order valence-corrected chi connectivity index (χ0v) is 21.1. The van der Waals surface area contributed by atoms with Crippen LogP contribution in [0.5, 0.6) is 0 Å². The van der Waals surface area contributed by atoms with Crippen molar-refractivity contribution in [1.29, 1.82) is 0 Å². The molecule has 182 valence electrons. The van der Waals surface area contributed by atoms with Gasteiger partial charge in [-0.2, -0.15) is 9.61 Å². The summed E-state index contributed by atoms with van der Waals surface area (Å²) in [7, 11) is 6.13. The number of piperidine rings is 1. The van der Waals surface area contributed by atoms with Gasteiger partial charge in [0, 0.05) is 54.1 Å². The molecule has 0 saturated carbocycles. The molecule has 1 fully saturated rings. The average Bonchev–Trinajstić information content (AvgIpc) is 3.27. The number of nitrogens with one attached hydrogen (secondary N) is 2. The molecule has 36 heavy (non-hydrogen) atoms. The molecular weight excluding hydrogens is 494 g/mol. The maximum absolute atomic E-state index is 12.8. The highest BCUT2D eigenvalue weighted by atomic mass is 35.5. The predicted molar refractivity (Wildman–Crippen MR) is 145 cm³/mol. The van der Waals surface area contributed by atoms with Crippen LogP contribution in [0.3, 0.4) is 0 Å². The Bertz CT molecular complexity index is 1390. The molecule has 1 aliphatic heterocycles. The number of fused-ring (bicyclic) bond motifs is 1. The molecule has 1 aliphatic rings. The van der Waals surface area contributed by atoms with E-state index >= 15 is 0 Å². The van der Waals surface area contributed by atoms with Gasteiger partial charge < -0.3 is 15.5 Å². The number of carbonyl (C=O) groups excluding carboxylic acids is 1. The molecule has 0 aliphatic carbocycles. The Hall–Kier alpha value is -3.23. The van der Waals surface area contributed by atoms with Gasteiger partial charge >= 0.3 is 6.03 Å². The van der Waals surface area contributed by atoms with Crippen LogP contribution in [0.25, 0.3) is 16.9 Å². The van der Waals surface area contributed by atoms with Gasteiger partial charge in [-0.05, 0) is 41.9 Å². The Morgan fingerprint density at radius 2 is 1.89 bits per heavy atom. The molecular formula is C26H25BCl2N6O. The second-order valence-electron chi connectivity index (χ2n) is 8.93. The molecule has 3 heterocycles. The van der Waals surface area contributed by atoms with Crippen LogP contribution in [0.1, 0.15) is 18.4 Å². The molecule has 1 saturated heterocycles. The van der Waals surface area contributed by atoms with Crippen molar-refractivity contribution in [2.24, 2.45) is 5.92 Å². The first kappa shape index (κ1) is 24.5. The maximum Gasteiger partial charge on any atom is 0.317 e. The third-order valence-electron chi connectivity index (χ3n) is 6.41. The van der Waals surface area contributed by atoms with Gasteiger partial charge in [-0.1, -0.05) is 59.6 Å². The molecule has 2 radical (unpaired) electrons. The van der Waals surface area contributed by atoms with Gasteiger partial charge in [0.2, 0.25) is 0 Å². The topological polar surface area (TPSA) is 74.6 Å². The van der Waals surface area contributed by atoms with Crippen molar-refractivity contribution in [2.75, 3.05) is 25.0 Å². The lowest BCUT2D eigenvalue weighted by molar-refractivity contribution is 0.168. The first-order valence-electron chi connectivity index (χ1n) is 11.9. The van der Waals surface area contributed by atoms with Gasteiger partial charge in [0.05, 0.1) is 5.69 Å². The summed E-state index contributed by atoms with van der Waals surface area (Å²) in [5.41, 5.74) is 3.50. The van der Waals surface area contributed by atoms with Crippen molar-refractivity contribution in [3.63, 3.8) is 0 Å². The van der Waals surface area contributed by atoms with Crippen molar-refractivity contribution in [3.8, 4) is 11.3 Å². The Kier molecular flexibility index (Phi) is 7.34. The smallest absolute Gasteiger partial charge is 0.317 e. The number of aromatic nitrogens is 3. The van der Waals surface area contributed by atoms with Crippen LogP contribution in [-0.4, -0.2) is 53.0 Å². The van der Waals surface area contributed by atoms with Crippen molar-refractivity contribution < 1.29 is 4.79 Å². The van der Waals surface area contributed by atoms with Crippen molar-refractivity contribution in [3.05, 3.63) is 76.4 Å². The average molecular weight is 519 g/mol. The quantitative estimate of drug-likeness (QED) is 0.368. The molecule has 7 nitrogen and oxygen atoms in total. The van der Waals surface area contributed by atoms with Crippen LogP contribution in [0, 0.1) is 5.92 Å².